The van der Waals surface area contributed by atoms with Crippen LogP contribution in [0, 0.1) is 20.8 Å². The topological polar surface area (TPSA) is 62.7 Å². The molecule has 1 aromatic rings. The molecule has 118 valence electrons. The highest BCUT2D eigenvalue weighted by atomic mass is 16.6. The van der Waals surface area contributed by atoms with Crippen molar-refractivity contribution in [2.75, 3.05) is 13.2 Å². The largest absolute Gasteiger partial charge is 0.444 e. The number of aliphatic hydroxyl groups is 1. The molecule has 1 aromatic heterocycles. The molecule has 1 N–H and O–H groups in total. The number of aryl methyl sites for hydroxylation is 3. The maximum Gasteiger partial charge on any atom is 0.410 e. The molecule has 0 fully saturated rings. The van der Waals surface area contributed by atoms with Gasteiger partial charge < -0.3 is 14.7 Å². The first-order valence-electron chi connectivity index (χ1n) is 7.16. The third-order valence-electron chi connectivity index (χ3n) is 3.05. The Bertz CT molecular complexity index is 484. The number of aromatic nitrogens is 1. The molecule has 0 saturated carbocycles. The molecule has 0 saturated heterocycles. The van der Waals surface area contributed by atoms with E-state index >= 15 is 0 Å². The predicted octanol–water partition coefficient (Wildman–Crippen LogP) is 2.74. The van der Waals surface area contributed by atoms with Crippen molar-refractivity contribution in [1.82, 2.24) is 9.88 Å². The standard InChI is InChI=1S/C16H26N2O3/c1-11-9-12(2)17-13(3)14(11)10-18(7-8-19)15(20)21-16(4,5)6/h9,19H,7-8,10H2,1-6H3. The van der Waals surface area contributed by atoms with Gasteiger partial charge in [-0.2, -0.15) is 0 Å². The summed E-state index contributed by atoms with van der Waals surface area (Å²) in [6.45, 7) is 11.9. The molecule has 0 aromatic carbocycles. The number of pyridine rings is 1. The fourth-order valence-corrected chi connectivity index (χ4v) is 2.16. The van der Waals surface area contributed by atoms with E-state index in [1.165, 1.54) is 4.90 Å². The van der Waals surface area contributed by atoms with E-state index in [-0.39, 0.29) is 13.2 Å². The highest BCUT2D eigenvalue weighted by molar-refractivity contribution is 5.68. The molecule has 0 radical (unpaired) electrons. The van der Waals surface area contributed by atoms with Crippen LogP contribution in [-0.2, 0) is 11.3 Å². The van der Waals surface area contributed by atoms with Crippen LogP contribution in [-0.4, -0.2) is 39.8 Å². The van der Waals surface area contributed by atoms with Crippen LogP contribution >= 0.6 is 0 Å². The number of ether oxygens (including phenoxy) is 1. The summed E-state index contributed by atoms with van der Waals surface area (Å²) in [6.07, 6.45) is -0.420. The monoisotopic (exact) mass is 294 g/mol. The average molecular weight is 294 g/mol. The van der Waals surface area contributed by atoms with E-state index in [0.29, 0.717) is 6.54 Å². The molecule has 21 heavy (non-hydrogen) atoms. The zero-order chi connectivity index (χ0) is 16.2. The van der Waals surface area contributed by atoms with Gasteiger partial charge in [0, 0.05) is 17.9 Å². The predicted molar refractivity (Wildman–Crippen MR) is 82.2 cm³/mol. The molecule has 0 aliphatic heterocycles. The van der Waals surface area contributed by atoms with Crippen molar-refractivity contribution in [1.29, 1.82) is 0 Å². The minimum Gasteiger partial charge on any atom is -0.444 e. The van der Waals surface area contributed by atoms with Gasteiger partial charge in [0.15, 0.2) is 0 Å². The van der Waals surface area contributed by atoms with E-state index in [1.54, 1.807) is 0 Å². The lowest BCUT2D eigenvalue weighted by Crippen LogP contribution is -2.38. The average Bonchev–Trinajstić information content (AvgIpc) is 2.29. The summed E-state index contributed by atoms with van der Waals surface area (Å²) < 4.78 is 5.38. The van der Waals surface area contributed by atoms with E-state index in [4.69, 9.17) is 4.74 Å². The quantitative estimate of drug-likeness (QED) is 0.927. The van der Waals surface area contributed by atoms with Crippen LogP contribution in [0.15, 0.2) is 6.07 Å². The van der Waals surface area contributed by atoms with E-state index in [1.807, 2.05) is 47.6 Å². The molecule has 1 amide bonds. The first kappa shape index (κ1) is 17.4. The number of nitrogens with zero attached hydrogens (tertiary/aromatic N) is 2. The van der Waals surface area contributed by atoms with Crippen LogP contribution in [0.3, 0.4) is 0 Å². The van der Waals surface area contributed by atoms with Gasteiger partial charge in [-0.25, -0.2) is 4.79 Å². The Balaban J connectivity index is 2.96. The summed E-state index contributed by atoms with van der Waals surface area (Å²) in [7, 11) is 0. The summed E-state index contributed by atoms with van der Waals surface area (Å²) in [6, 6.07) is 1.99. The van der Waals surface area contributed by atoms with Gasteiger partial charge in [0.2, 0.25) is 0 Å². The second kappa shape index (κ2) is 6.89. The first-order chi connectivity index (χ1) is 9.64. The molecule has 0 bridgehead atoms. The Morgan fingerprint density at radius 2 is 1.95 bits per heavy atom. The minimum atomic E-state index is -0.555. The minimum absolute atomic E-state index is 0.101. The summed E-state index contributed by atoms with van der Waals surface area (Å²) in [5.41, 5.74) is 3.39. The van der Waals surface area contributed by atoms with Crippen molar-refractivity contribution in [3.05, 3.63) is 28.6 Å². The Labute approximate surface area is 126 Å². The third-order valence-corrected chi connectivity index (χ3v) is 3.05. The van der Waals surface area contributed by atoms with Gasteiger partial charge >= 0.3 is 6.09 Å². The molecule has 0 unspecified atom stereocenters. The van der Waals surface area contributed by atoms with Gasteiger partial charge in [0.1, 0.15) is 5.60 Å². The number of amides is 1. The van der Waals surface area contributed by atoms with E-state index < -0.39 is 11.7 Å². The molecule has 1 rings (SSSR count). The fourth-order valence-electron chi connectivity index (χ4n) is 2.16. The van der Waals surface area contributed by atoms with Crippen molar-refractivity contribution < 1.29 is 14.6 Å². The summed E-state index contributed by atoms with van der Waals surface area (Å²) in [5, 5.41) is 9.18. The van der Waals surface area contributed by atoms with E-state index in [2.05, 4.69) is 4.98 Å². The smallest absolute Gasteiger partial charge is 0.410 e. The molecule has 5 nitrogen and oxygen atoms in total. The zero-order valence-corrected chi connectivity index (χ0v) is 13.9. The van der Waals surface area contributed by atoms with Crippen LogP contribution in [0.4, 0.5) is 4.79 Å². The zero-order valence-electron chi connectivity index (χ0n) is 13.9. The number of carbonyl (C=O) groups is 1. The van der Waals surface area contributed by atoms with Gasteiger partial charge in [-0.05, 0) is 58.7 Å². The molecule has 0 spiro atoms. The molecule has 0 aliphatic carbocycles. The van der Waals surface area contributed by atoms with Crippen LogP contribution in [0.5, 0.6) is 0 Å². The van der Waals surface area contributed by atoms with Crippen LogP contribution in [0.1, 0.15) is 43.3 Å². The molecular formula is C16H26N2O3. The lowest BCUT2D eigenvalue weighted by Gasteiger charge is -2.27. The fraction of sp³-hybridized carbons (Fsp3) is 0.625. The van der Waals surface area contributed by atoms with E-state index in [9.17, 15) is 9.90 Å². The summed E-state index contributed by atoms with van der Waals surface area (Å²) in [5.74, 6) is 0. The van der Waals surface area contributed by atoms with Gasteiger partial charge in [-0.3, -0.25) is 4.98 Å². The van der Waals surface area contributed by atoms with Crippen molar-refractivity contribution in [2.45, 2.75) is 53.7 Å². The van der Waals surface area contributed by atoms with Crippen LogP contribution in [0.25, 0.3) is 0 Å². The maximum atomic E-state index is 12.2. The Morgan fingerprint density at radius 1 is 1.33 bits per heavy atom. The second-order valence-corrected chi connectivity index (χ2v) is 6.27. The Hall–Kier alpha value is -1.62. The number of hydrogen-bond acceptors (Lipinski definition) is 4. The normalized spacial score (nSPS) is 11.4. The molecule has 5 heteroatoms. The molecular weight excluding hydrogens is 268 g/mol. The van der Waals surface area contributed by atoms with Gasteiger partial charge in [-0.15, -0.1) is 0 Å². The van der Waals surface area contributed by atoms with Crippen molar-refractivity contribution in [3.63, 3.8) is 0 Å². The third kappa shape index (κ3) is 5.34. The number of aliphatic hydroxyl groups excluding tert-OH is 1. The lowest BCUT2D eigenvalue weighted by atomic mass is 10.1. The number of carbonyl (C=O) groups excluding carboxylic acids is 1. The molecule has 0 aliphatic rings. The van der Waals surface area contributed by atoms with E-state index in [0.717, 1.165) is 22.5 Å². The Kier molecular flexibility index (Phi) is 5.72. The van der Waals surface area contributed by atoms with Crippen LogP contribution in [0.2, 0.25) is 0 Å². The SMILES string of the molecule is Cc1cc(C)c(CN(CCO)C(=O)OC(C)(C)C)c(C)n1. The van der Waals surface area contributed by atoms with Crippen LogP contribution < -0.4 is 0 Å². The number of rotatable bonds is 4. The van der Waals surface area contributed by atoms with Gasteiger partial charge in [0.25, 0.3) is 0 Å². The maximum absolute atomic E-state index is 12.2. The van der Waals surface area contributed by atoms with Crippen molar-refractivity contribution >= 4 is 6.09 Å². The molecule has 0 atom stereocenters. The summed E-state index contributed by atoms with van der Waals surface area (Å²) in [4.78, 5) is 18.2. The van der Waals surface area contributed by atoms with Crippen molar-refractivity contribution in [3.8, 4) is 0 Å². The molecule has 1 heterocycles. The number of hydrogen-bond donors (Lipinski definition) is 1. The van der Waals surface area contributed by atoms with Gasteiger partial charge in [0.05, 0.1) is 13.2 Å². The van der Waals surface area contributed by atoms with Gasteiger partial charge in [-0.1, -0.05) is 0 Å². The highest BCUT2D eigenvalue weighted by Gasteiger charge is 2.23. The highest BCUT2D eigenvalue weighted by Crippen LogP contribution is 2.18. The lowest BCUT2D eigenvalue weighted by molar-refractivity contribution is 0.0201. The summed E-state index contributed by atoms with van der Waals surface area (Å²) >= 11 is 0. The Morgan fingerprint density at radius 3 is 2.43 bits per heavy atom. The van der Waals surface area contributed by atoms with Crippen molar-refractivity contribution in [2.24, 2.45) is 0 Å². The first-order valence-corrected chi connectivity index (χ1v) is 7.16. The second-order valence-electron chi connectivity index (χ2n) is 6.27.